The molecule has 1 aromatic rings. The van der Waals surface area contributed by atoms with Crippen LogP contribution in [0.5, 0.6) is 0 Å². The Labute approximate surface area is 128 Å². The lowest BCUT2D eigenvalue weighted by atomic mass is 10.0. The van der Waals surface area contributed by atoms with E-state index in [0.29, 0.717) is 12.1 Å². The van der Waals surface area contributed by atoms with Crippen molar-refractivity contribution in [2.75, 3.05) is 20.1 Å². The fraction of sp³-hybridized carbons (Fsp3) is 0.647. The average molecular weight is 295 g/mol. The zero-order valence-electron chi connectivity index (χ0n) is 12.9. The molecule has 1 saturated carbocycles. The van der Waals surface area contributed by atoms with Gasteiger partial charge in [0, 0.05) is 23.7 Å². The highest BCUT2D eigenvalue weighted by Gasteiger charge is 2.28. The Hall–Kier alpha value is -0.570. The highest BCUT2D eigenvalue weighted by Crippen LogP contribution is 2.29. The lowest BCUT2D eigenvalue weighted by Crippen LogP contribution is -2.38. The molecule has 0 bridgehead atoms. The molecule has 1 aliphatic carbocycles. The SMILES string of the molecule is CCNC1CCCC1CN(C)C(C)c1ccc(Cl)cc1. The molecule has 1 aliphatic rings. The summed E-state index contributed by atoms with van der Waals surface area (Å²) in [6.45, 7) is 6.73. The van der Waals surface area contributed by atoms with E-state index in [1.807, 2.05) is 12.1 Å². The molecule has 1 N–H and O–H groups in total. The van der Waals surface area contributed by atoms with E-state index in [9.17, 15) is 0 Å². The van der Waals surface area contributed by atoms with Crippen molar-refractivity contribution in [3.8, 4) is 0 Å². The van der Waals surface area contributed by atoms with Crippen molar-refractivity contribution >= 4 is 11.6 Å². The van der Waals surface area contributed by atoms with E-state index in [1.165, 1.54) is 31.4 Å². The second kappa shape index (κ2) is 7.44. The average Bonchev–Trinajstić information content (AvgIpc) is 2.86. The third-order valence-electron chi connectivity index (χ3n) is 4.66. The van der Waals surface area contributed by atoms with E-state index in [4.69, 9.17) is 11.6 Å². The quantitative estimate of drug-likeness (QED) is 0.849. The van der Waals surface area contributed by atoms with Gasteiger partial charge in [0.05, 0.1) is 0 Å². The van der Waals surface area contributed by atoms with Gasteiger partial charge in [-0.3, -0.25) is 4.90 Å². The van der Waals surface area contributed by atoms with Crippen LogP contribution in [0.1, 0.15) is 44.7 Å². The van der Waals surface area contributed by atoms with Gasteiger partial charge in [-0.2, -0.15) is 0 Å². The van der Waals surface area contributed by atoms with Crippen molar-refractivity contribution in [1.29, 1.82) is 0 Å². The van der Waals surface area contributed by atoms with Gasteiger partial charge in [-0.15, -0.1) is 0 Å². The van der Waals surface area contributed by atoms with Crippen LogP contribution in [0.2, 0.25) is 5.02 Å². The van der Waals surface area contributed by atoms with E-state index in [1.54, 1.807) is 0 Å². The lowest BCUT2D eigenvalue weighted by molar-refractivity contribution is 0.204. The second-order valence-electron chi connectivity index (χ2n) is 6.02. The van der Waals surface area contributed by atoms with Gasteiger partial charge in [0.25, 0.3) is 0 Å². The molecule has 0 aliphatic heterocycles. The van der Waals surface area contributed by atoms with E-state index >= 15 is 0 Å². The van der Waals surface area contributed by atoms with Gasteiger partial charge in [0.2, 0.25) is 0 Å². The number of halogens is 1. The van der Waals surface area contributed by atoms with Crippen LogP contribution in [0.15, 0.2) is 24.3 Å². The maximum Gasteiger partial charge on any atom is 0.0406 e. The first kappa shape index (κ1) is 15.8. The van der Waals surface area contributed by atoms with Crippen LogP contribution < -0.4 is 5.32 Å². The largest absolute Gasteiger partial charge is 0.314 e. The minimum absolute atomic E-state index is 0.440. The summed E-state index contributed by atoms with van der Waals surface area (Å²) in [5.74, 6) is 0.787. The molecular weight excluding hydrogens is 268 g/mol. The fourth-order valence-electron chi connectivity index (χ4n) is 3.31. The Balaban J connectivity index is 1.93. The first-order valence-corrected chi connectivity index (χ1v) is 8.18. The van der Waals surface area contributed by atoms with E-state index in [-0.39, 0.29) is 0 Å². The van der Waals surface area contributed by atoms with Gasteiger partial charge in [0.15, 0.2) is 0 Å². The van der Waals surface area contributed by atoms with E-state index in [2.05, 4.69) is 43.2 Å². The van der Waals surface area contributed by atoms with Crippen molar-refractivity contribution < 1.29 is 0 Å². The van der Waals surface area contributed by atoms with E-state index < -0.39 is 0 Å². The molecule has 3 heteroatoms. The van der Waals surface area contributed by atoms with Crippen molar-refractivity contribution in [2.45, 2.75) is 45.2 Å². The number of nitrogens with zero attached hydrogens (tertiary/aromatic N) is 1. The third kappa shape index (κ3) is 3.97. The Morgan fingerprint density at radius 3 is 2.65 bits per heavy atom. The molecule has 0 heterocycles. The van der Waals surface area contributed by atoms with Crippen molar-refractivity contribution in [2.24, 2.45) is 5.92 Å². The van der Waals surface area contributed by atoms with Crippen LogP contribution in [0, 0.1) is 5.92 Å². The molecule has 0 saturated heterocycles. The first-order valence-electron chi connectivity index (χ1n) is 7.81. The summed E-state index contributed by atoms with van der Waals surface area (Å²) in [4.78, 5) is 2.48. The van der Waals surface area contributed by atoms with Gasteiger partial charge in [-0.25, -0.2) is 0 Å². The summed E-state index contributed by atoms with van der Waals surface area (Å²) in [5, 5.41) is 4.45. The Morgan fingerprint density at radius 1 is 1.30 bits per heavy atom. The third-order valence-corrected chi connectivity index (χ3v) is 4.91. The number of benzene rings is 1. The van der Waals surface area contributed by atoms with Crippen LogP contribution in [0.25, 0.3) is 0 Å². The number of hydrogen-bond acceptors (Lipinski definition) is 2. The highest BCUT2D eigenvalue weighted by molar-refractivity contribution is 6.30. The van der Waals surface area contributed by atoms with Gasteiger partial charge >= 0.3 is 0 Å². The maximum absolute atomic E-state index is 5.97. The molecule has 1 aromatic carbocycles. The molecule has 0 spiro atoms. The maximum atomic E-state index is 5.97. The molecule has 0 aromatic heterocycles. The summed E-state index contributed by atoms with van der Waals surface area (Å²) in [5.41, 5.74) is 1.34. The topological polar surface area (TPSA) is 15.3 Å². The van der Waals surface area contributed by atoms with Gasteiger partial charge in [-0.1, -0.05) is 37.1 Å². The molecule has 3 unspecified atom stereocenters. The Morgan fingerprint density at radius 2 is 2.00 bits per heavy atom. The van der Waals surface area contributed by atoms with Crippen molar-refractivity contribution in [3.05, 3.63) is 34.9 Å². The molecule has 2 nitrogen and oxygen atoms in total. The Bertz CT molecular complexity index is 404. The minimum Gasteiger partial charge on any atom is -0.314 e. The van der Waals surface area contributed by atoms with Crippen LogP contribution >= 0.6 is 11.6 Å². The van der Waals surface area contributed by atoms with Gasteiger partial charge in [0.1, 0.15) is 0 Å². The fourth-order valence-corrected chi connectivity index (χ4v) is 3.44. The summed E-state index contributed by atoms with van der Waals surface area (Å²) in [6.07, 6.45) is 4.06. The van der Waals surface area contributed by atoms with Crippen LogP contribution in [-0.4, -0.2) is 31.1 Å². The lowest BCUT2D eigenvalue weighted by Gasteiger charge is -2.30. The molecular formula is C17H27ClN2. The Kier molecular flexibility index (Phi) is 5.88. The molecule has 0 amide bonds. The molecule has 112 valence electrons. The highest BCUT2D eigenvalue weighted by atomic mass is 35.5. The smallest absolute Gasteiger partial charge is 0.0406 e. The zero-order chi connectivity index (χ0) is 14.5. The predicted molar refractivity (Wildman–Crippen MR) is 87.3 cm³/mol. The zero-order valence-corrected chi connectivity index (χ0v) is 13.7. The molecule has 2 rings (SSSR count). The number of hydrogen-bond donors (Lipinski definition) is 1. The standard InChI is InChI=1S/C17H27ClN2/c1-4-19-17-7-5-6-15(17)12-20(3)13(2)14-8-10-16(18)11-9-14/h8-11,13,15,17,19H,4-7,12H2,1-3H3. The summed E-state index contributed by atoms with van der Waals surface area (Å²) in [7, 11) is 2.24. The predicted octanol–water partition coefficient (Wildman–Crippen LogP) is 4.11. The molecule has 1 fully saturated rings. The minimum atomic E-state index is 0.440. The van der Waals surface area contributed by atoms with Crippen molar-refractivity contribution in [3.63, 3.8) is 0 Å². The van der Waals surface area contributed by atoms with Crippen molar-refractivity contribution in [1.82, 2.24) is 10.2 Å². The van der Waals surface area contributed by atoms with Crippen LogP contribution in [-0.2, 0) is 0 Å². The summed E-state index contributed by atoms with van der Waals surface area (Å²) < 4.78 is 0. The number of rotatable bonds is 6. The molecule has 3 atom stereocenters. The normalized spacial score (nSPS) is 24.2. The van der Waals surface area contributed by atoms with E-state index in [0.717, 1.165) is 17.5 Å². The van der Waals surface area contributed by atoms with Crippen LogP contribution in [0.3, 0.4) is 0 Å². The van der Waals surface area contributed by atoms with Gasteiger partial charge < -0.3 is 5.32 Å². The molecule has 0 radical (unpaired) electrons. The van der Waals surface area contributed by atoms with Crippen LogP contribution in [0.4, 0.5) is 0 Å². The first-order chi connectivity index (χ1) is 9.61. The molecule has 20 heavy (non-hydrogen) atoms. The summed E-state index contributed by atoms with van der Waals surface area (Å²) >= 11 is 5.97. The summed E-state index contributed by atoms with van der Waals surface area (Å²) in [6, 6.07) is 9.39. The monoisotopic (exact) mass is 294 g/mol. The second-order valence-corrected chi connectivity index (χ2v) is 6.46. The number of nitrogens with one attached hydrogen (secondary N) is 1. The van der Waals surface area contributed by atoms with Gasteiger partial charge in [-0.05, 0) is 57.0 Å².